The molecule has 3 heteroatoms. The van der Waals surface area contributed by atoms with Crippen molar-refractivity contribution in [3.63, 3.8) is 0 Å². The topological polar surface area (TPSA) is 59.7 Å². The van der Waals surface area contributed by atoms with E-state index in [1.54, 1.807) is 0 Å². The highest BCUT2D eigenvalue weighted by Crippen LogP contribution is 2.30. The highest BCUT2D eigenvalue weighted by molar-refractivity contribution is 6.35. The summed E-state index contributed by atoms with van der Waals surface area (Å²) in [5.41, 5.74) is 7.05. The molecule has 122 valence electrons. The predicted octanol–water partition coefficient (Wildman–Crippen LogP) is 4.74. The maximum atomic E-state index is 7.74. The van der Waals surface area contributed by atoms with Gasteiger partial charge >= 0.3 is 0 Å². The SMILES string of the molecule is C=C(Nc1ccc(C(=N)C=N)cc1C)C1CCc2ccccc2C1. The molecular formula is C21H23N3. The average Bonchev–Trinajstić information content (AvgIpc) is 2.62. The lowest BCUT2D eigenvalue weighted by Gasteiger charge is -2.27. The van der Waals surface area contributed by atoms with Gasteiger partial charge in [0, 0.05) is 29.1 Å². The average molecular weight is 317 g/mol. The van der Waals surface area contributed by atoms with Crippen molar-refractivity contribution in [3.8, 4) is 0 Å². The molecule has 3 nitrogen and oxygen atoms in total. The van der Waals surface area contributed by atoms with Crippen molar-refractivity contribution in [2.24, 2.45) is 5.92 Å². The third-order valence-electron chi connectivity index (χ3n) is 4.82. The Morgan fingerprint density at radius 3 is 2.67 bits per heavy atom. The Morgan fingerprint density at radius 2 is 1.96 bits per heavy atom. The summed E-state index contributed by atoms with van der Waals surface area (Å²) in [7, 11) is 0. The van der Waals surface area contributed by atoms with Crippen molar-refractivity contribution < 1.29 is 0 Å². The largest absolute Gasteiger partial charge is 0.359 e. The summed E-state index contributed by atoms with van der Waals surface area (Å²) in [5.74, 6) is 0.443. The first-order chi connectivity index (χ1) is 11.6. The fourth-order valence-corrected chi connectivity index (χ4v) is 3.33. The van der Waals surface area contributed by atoms with Crippen LogP contribution in [0.5, 0.6) is 0 Å². The van der Waals surface area contributed by atoms with Crippen LogP contribution in [0.2, 0.25) is 0 Å². The van der Waals surface area contributed by atoms with Gasteiger partial charge in [0.25, 0.3) is 0 Å². The van der Waals surface area contributed by atoms with E-state index in [0.717, 1.165) is 48.0 Å². The second kappa shape index (κ2) is 6.83. The number of anilines is 1. The van der Waals surface area contributed by atoms with Gasteiger partial charge in [-0.1, -0.05) is 36.9 Å². The van der Waals surface area contributed by atoms with E-state index in [1.165, 1.54) is 11.1 Å². The van der Waals surface area contributed by atoms with Gasteiger partial charge < -0.3 is 10.7 Å². The van der Waals surface area contributed by atoms with Gasteiger partial charge in [-0.05, 0) is 55.0 Å². The minimum absolute atomic E-state index is 0.229. The summed E-state index contributed by atoms with van der Waals surface area (Å²) >= 11 is 0. The summed E-state index contributed by atoms with van der Waals surface area (Å²) in [6.45, 7) is 6.29. The number of nitrogens with one attached hydrogen (secondary N) is 3. The molecule has 0 amide bonds. The second-order valence-electron chi connectivity index (χ2n) is 6.45. The normalized spacial score (nSPS) is 16.1. The number of fused-ring (bicyclic) bond motifs is 1. The maximum absolute atomic E-state index is 7.74. The molecule has 1 aliphatic carbocycles. The summed E-state index contributed by atoms with van der Waals surface area (Å²) in [4.78, 5) is 0. The van der Waals surface area contributed by atoms with Crippen molar-refractivity contribution in [1.82, 2.24) is 0 Å². The van der Waals surface area contributed by atoms with Crippen LogP contribution in [0.1, 0.15) is 28.7 Å². The molecule has 2 aromatic rings. The Balaban J connectivity index is 1.72. The molecule has 0 fully saturated rings. The van der Waals surface area contributed by atoms with Crippen LogP contribution in [0.3, 0.4) is 0 Å². The molecule has 2 aromatic carbocycles. The Labute approximate surface area is 143 Å². The van der Waals surface area contributed by atoms with E-state index in [-0.39, 0.29) is 5.71 Å². The number of allylic oxidation sites excluding steroid dienone is 1. The lowest BCUT2D eigenvalue weighted by atomic mass is 9.82. The molecule has 1 aliphatic rings. The predicted molar refractivity (Wildman–Crippen MR) is 102 cm³/mol. The number of rotatable bonds is 5. The molecule has 0 aliphatic heterocycles. The first-order valence-electron chi connectivity index (χ1n) is 8.31. The van der Waals surface area contributed by atoms with Crippen molar-refractivity contribution in [2.45, 2.75) is 26.2 Å². The summed E-state index contributed by atoms with van der Waals surface area (Å²) in [6.07, 6.45) is 4.34. The zero-order valence-electron chi connectivity index (χ0n) is 14.0. The molecule has 0 bridgehead atoms. The van der Waals surface area contributed by atoms with E-state index in [1.807, 2.05) is 25.1 Å². The van der Waals surface area contributed by atoms with Crippen LogP contribution < -0.4 is 5.32 Å². The molecule has 3 N–H and O–H groups in total. The molecule has 0 aromatic heterocycles. The number of hydrogen-bond acceptors (Lipinski definition) is 3. The first kappa shape index (κ1) is 16.2. The summed E-state index contributed by atoms with van der Waals surface area (Å²) in [6, 6.07) is 14.5. The molecule has 1 unspecified atom stereocenters. The molecular weight excluding hydrogens is 294 g/mol. The standard InChI is InChI=1S/C21H23N3/c1-14-11-19(20(23)13-22)9-10-21(14)24-15(2)17-8-7-16-5-3-4-6-18(16)12-17/h3-6,9-11,13,17,22-24H,2,7-8,12H2,1H3. The van der Waals surface area contributed by atoms with Gasteiger partial charge in [0.15, 0.2) is 0 Å². The van der Waals surface area contributed by atoms with E-state index in [9.17, 15) is 0 Å². The van der Waals surface area contributed by atoms with Gasteiger partial charge in [0.2, 0.25) is 0 Å². The zero-order valence-corrected chi connectivity index (χ0v) is 14.0. The minimum atomic E-state index is 0.229. The monoisotopic (exact) mass is 317 g/mol. The second-order valence-corrected chi connectivity index (χ2v) is 6.45. The van der Waals surface area contributed by atoms with Crippen molar-refractivity contribution in [3.05, 3.63) is 77.0 Å². The van der Waals surface area contributed by atoms with E-state index in [4.69, 9.17) is 10.8 Å². The fraction of sp³-hybridized carbons (Fsp3) is 0.238. The maximum Gasteiger partial charge on any atom is 0.0787 e. The lowest BCUT2D eigenvalue weighted by Crippen LogP contribution is -2.20. The highest BCUT2D eigenvalue weighted by atomic mass is 14.9. The van der Waals surface area contributed by atoms with Gasteiger partial charge in [0.05, 0.1) is 5.71 Å². The van der Waals surface area contributed by atoms with Crippen LogP contribution in [-0.2, 0) is 12.8 Å². The Kier molecular flexibility index (Phi) is 4.61. The number of benzene rings is 2. The van der Waals surface area contributed by atoms with Gasteiger partial charge in [-0.15, -0.1) is 0 Å². The quantitative estimate of drug-likeness (QED) is 0.685. The van der Waals surface area contributed by atoms with Crippen LogP contribution >= 0.6 is 0 Å². The van der Waals surface area contributed by atoms with Gasteiger partial charge in [-0.3, -0.25) is 5.41 Å². The fourth-order valence-electron chi connectivity index (χ4n) is 3.33. The number of hydrogen-bond donors (Lipinski definition) is 3. The molecule has 1 atom stereocenters. The van der Waals surface area contributed by atoms with E-state index in [0.29, 0.717) is 5.92 Å². The molecule has 0 spiro atoms. The first-order valence-corrected chi connectivity index (χ1v) is 8.31. The van der Waals surface area contributed by atoms with Crippen LogP contribution in [0.25, 0.3) is 0 Å². The van der Waals surface area contributed by atoms with Crippen molar-refractivity contribution >= 4 is 17.6 Å². The van der Waals surface area contributed by atoms with E-state index < -0.39 is 0 Å². The summed E-state index contributed by atoms with van der Waals surface area (Å²) < 4.78 is 0. The third kappa shape index (κ3) is 3.30. The smallest absolute Gasteiger partial charge is 0.0787 e. The number of aryl methyl sites for hydroxylation is 2. The minimum Gasteiger partial charge on any atom is -0.359 e. The van der Waals surface area contributed by atoms with E-state index >= 15 is 0 Å². The molecule has 0 radical (unpaired) electrons. The Hall–Kier alpha value is -2.68. The van der Waals surface area contributed by atoms with Gasteiger partial charge in [0.1, 0.15) is 0 Å². The van der Waals surface area contributed by atoms with Crippen LogP contribution in [0.15, 0.2) is 54.7 Å². The Bertz CT molecular complexity index is 804. The highest BCUT2D eigenvalue weighted by Gasteiger charge is 2.21. The van der Waals surface area contributed by atoms with Crippen molar-refractivity contribution in [1.29, 1.82) is 10.8 Å². The van der Waals surface area contributed by atoms with Gasteiger partial charge in [-0.25, -0.2) is 0 Å². The zero-order chi connectivity index (χ0) is 17.1. The van der Waals surface area contributed by atoms with Crippen molar-refractivity contribution in [2.75, 3.05) is 5.32 Å². The van der Waals surface area contributed by atoms with Crippen LogP contribution in [0, 0.1) is 23.7 Å². The molecule has 0 saturated carbocycles. The van der Waals surface area contributed by atoms with Crippen LogP contribution in [-0.4, -0.2) is 11.9 Å². The molecule has 3 rings (SSSR count). The summed E-state index contributed by atoms with van der Waals surface area (Å²) in [5, 5.41) is 18.4. The van der Waals surface area contributed by atoms with Gasteiger partial charge in [-0.2, -0.15) is 0 Å². The van der Waals surface area contributed by atoms with Crippen LogP contribution in [0.4, 0.5) is 5.69 Å². The lowest BCUT2D eigenvalue weighted by molar-refractivity contribution is 0.529. The molecule has 24 heavy (non-hydrogen) atoms. The van der Waals surface area contributed by atoms with E-state index in [2.05, 4.69) is 36.2 Å². The third-order valence-corrected chi connectivity index (χ3v) is 4.82. The molecule has 0 saturated heterocycles. The Morgan fingerprint density at radius 1 is 1.21 bits per heavy atom. The molecule has 0 heterocycles.